The summed E-state index contributed by atoms with van der Waals surface area (Å²) in [6.07, 6.45) is 0. The highest BCUT2D eigenvalue weighted by atomic mass is 16.5. The lowest BCUT2D eigenvalue weighted by Gasteiger charge is -2.21. The van der Waals surface area contributed by atoms with Crippen molar-refractivity contribution in [1.82, 2.24) is 5.32 Å². The first-order chi connectivity index (χ1) is 9.85. The monoisotopic (exact) mass is 293 g/mol. The van der Waals surface area contributed by atoms with Crippen molar-refractivity contribution in [2.24, 2.45) is 11.3 Å². The van der Waals surface area contributed by atoms with E-state index in [1.807, 2.05) is 38.1 Å². The van der Waals surface area contributed by atoms with Crippen LogP contribution in [0, 0.1) is 11.3 Å². The van der Waals surface area contributed by atoms with Gasteiger partial charge in [0.05, 0.1) is 12.5 Å². The van der Waals surface area contributed by atoms with Gasteiger partial charge in [-0.1, -0.05) is 26.0 Å². The van der Waals surface area contributed by atoms with E-state index in [0.29, 0.717) is 12.5 Å². The maximum atomic E-state index is 11.6. The Labute approximate surface area is 127 Å². The molecule has 0 heterocycles. The van der Waals surface area contributed by atoms with E-state index in [1.165, 1.54) is 12.7 Å². The molecule has 0 bridgehead atoms. The summed E-state index contributed by atoms with van der Waals surface area (Å²) in [5.74, 6) is 1.14. The van der Waals surface area contributed by atoms with Crippen LogP contribution in [0.15, 0.2) is 24.3 Å². The van der Waals surface area contributed by atoms with Gasteiger partial charge in [0.25, 0.3) is 0 Å². The number of hydrogen-bond acceptors (Lipinski definition) is 4. The zero-order valence-electron chi connectivity index (χ0n) is 13.7. The topological polar surface area (TPSA) is 47.6 Å². The van der Waals surface area contributed by atoms with E-state index in [1.54, 1.807) is 0 Å². The molecule has 0 radical (unpaired) electrons. The molecule has 1 N–H and O–H groups in total. The minimum absolute atomic E-state index is 0.267. The van der Waals surface area contributed by atoms with Gasteiger partial charge in [0.15, 0.2) is 0 Å². The van der Waals surface area contributed by atoms with Crippen molar-refractivity contribution >= 4 is 5.97 Å². The third kappa shape index (κ3) is 6.17. The predicted molar refractivity (Wildman–Crippen MR) is 84.3 cm³/mol. The predicted octanol–water partition coefficient (Wildman–Crippen LogP) is 3.01. The molecule has 1 aromatic carbocycles. The second-order valence-corrected chi connectivity index (χ2v) is 6.33. The van der Waals surface area contributed by atoms with Crippen molar-refractivity contribution in [3.8, 4) is 5.75 Å². The van der Waals surface area contributed by atoms with E-state index in [9.17, 15) is 4.79 Å². The lowest BCUT2D eigenvalue weighted by atomic mass is 9.95. The van der Waals surface area contributed by atoms with Gasteiger partial charge in [-0.3, -0.25) is 4.79 Å². The van der Waals surface area contributed by atoms with Gasteiger partial charge in [-0.15, -0.1) is 0 Å². The summed E-state index contributed by atoms with van der Waals surface area (Å²) >= 11 is 0. The largest absolute Gasteiger partial charge is 0.492 e. The maximum Gasteiger partial charge on any atom is 0.314 e. The molecule has 0 aliphatic rings. The van der Waals surface area contributed by atoms with Crippen molar-refractivity contribution in [2.75, 3.05) is 20.3 Å². The molecule has 0 saturated carbocycles. The molecule has 21 heavy (non-hydrogen) atoms. The fourth-order valence-corrected chi connectivity index (χ4v) is 1.81. The quantitative estimate of drug-likeness (QED) is 0.749. The molecule has 0 aliphatic carbocycles. The highest BCUT2D eigenvalue weighted by Gasteiger charge is 2.29. The zero-order valence-corrected chi connectivity index (χ0v) is 13.7. The van der Waals surface area contributed by atoms with Crippen LogP contribution in [0.3, 0.4) is 0 Å². The second-order valence-electron chi connectivity index (χ2n) is 6.33. The van der Waals surface area contributed by atoms with Gasteiger partial charge in [0.2, 0.25) is 0 Å². The summed E-state index contributed by atoms with van der Waals surface area (Å²) < 4.78 is 10.4. The number of methoxy groups -OCH3 is 1. The van der Waals surface area contributed by atoms with Crippen LogP contribution in [0.25, 0.3) is 0 Å². The van der Waals surface area contributed by atoms with Gasteiger partial charge >= 0.3 is 5.97 Å². The summed E-state index contributed by atoms with van der Waals surface area (Å²) in [5.41, 5.74) is 0.571. The molecule has 1 rings (SSSR count). The van der Waals surface area contributed by atoms with Gasteiger partial charge in [-0.2, -0.15) is 0 Å². The SMILES string of the molecule is COC(=O)C(C)(C)COc1ccc(CNCC(C)C)cc1. The molecule has 1 aromatic rings. The van der Waals surface area contributed by atoms with Gasteiger partial charge in [0.1, 0.15) is 12.4 Å². The zero-order chi connectivity index (χ0) is 15.9. The van der Waals surface area contributed by atoms with E-state index in [4.69, 9.17) is 9.47 Å². The number of carbonyl (C=O) groups excluding carboxylic acids is 1. The second kappa shape index (κ2) is 8.03. The molecule has 0 saturated heterocycles. The Morgan fingerprint density at radius 2 is 1.86 bits per heavy atom. The van der Waals surface area contributed by atoms with Crippen molar-refractivity contribution in [2.45, 2.75) is 34.2 Å². The minimum atomic E-state index is -0.647. The molecule has 4 nitrogen and oxygen atoms in total. The number of nitrogens with one attached hydrogen (secondary N) is 1. The Balaban J connectivity index is 2.46. The first kappa shape index (κ1) is 17.5. The van der Waals surface area contributed by atoms with Crippen molar-refractivity contribution in [3.05, 3.63) is 29.8 Å². The average Bonchev–Trinajstić information content (AvgIpc) is 2.45. The highest BCUT2D eigenvalue weighted by molar-refractivity contribution is 5.75. The third-order valence-electron chi connectivity index (χ3n) is 3.14. The van der Waals surface area contributed by atoms with Gasteiger partial charge in [-0.05, 0) is 44.0 Å². The minimum Gasteiger partial charge on any atom is -0.492 e. The molecule has 4 heteroatoms. The lowest BCUT2D eigenvalue weighted by molar-refractivity contribution is -0.152. The molecule has 0 unspecified atom stereocenters. The normalized spacial score (nSPS) is 11.5. The van der Waals surface area contributed by atoms with E-state index >= 15 is 0 Å². The average molecular weight is 293 g/mol. The van der Waals surface area contributed by atoms with Crippen LogP contribution in [0.4, 0.5) is 0 Å². The van der Waals surface area contributed by atoms with Crippen LogP contribution in [-0.4, -0.2) is 26.2 Å². The van der Waals surface area contributed by atoms with Crippen LogP contribution >= 0.6 is 0 Å². The summed E-state index contributed by atoms with van der Waals surface area (Å²) in [6, 6.07) is 7.93. The Morgan fingerprint density at radius 1 is 1.24 bits per heavy atom. The van der Waals surface area contributed by atoms with Crippen molar-refractivity contribution in [1.29, 1.82) is 0 Å². The third-order valence-corrected chi connectivity index (χ3v) is 3.14. The Hall–Kier alpha value is -1.55. The van der Waals surface area contributed by atoms with E-state index in [-0.39, 0.29) is 5.97 Å². The number of ether oxygens (including phenoxy) is 2. The van der Waals surface area contributed by atoms with Crippen LogP contribution in [0.2, 0.25) is 0 Å². The van der Waals surface area contributed by atoms with E-state index < -0.39 is 5.41 Å². The Morgan fingerprint density at radius 3 is 2.38 bits per heavy atom. The molecular weight excluding hydrogens is 266 g/mol. The molecular formula is C17H27NO3. The molecule has 0 spiro atoms. The standard InChI is InChI=1S/C17H27NO3/c1-13(2)10-18-11-14-6-8-15(9-7-14)21-12-17(3,4)16(19)20-5/h6-9,13,18H,10-12H2,1-5H3. The number of benzene rings is 1. The molecule has 0 atom stereocenters. The van der Waals surface area contributed by atoms with Gasteiger partial charge in [-0.25, -0.2) is 0 Å². The Bertz CT molecular complexity index is 438. The fourth-order valence-electron chi connectivity index (χ4n) is 1.81. The van der Waals surface area contributed by atoms with Crippen molar-refractivity contribution < 1.29 is 14.3 Å². The molecule has 0 aliphatic heterocycles. The highest BCUT2D eigenvalue weighted by Crippen LogP contribution is 2.20. The first-order valence-electron chi connectivity index (χ1n) is 7.36. The van der Waals surface area contributed by atoms with Gasteiger partial charge < -0.3 is 14.8 Å². The van der Waals surface area contributed by atoms with Crippen LogP contribution in [-0.2, 0) is 16.1 Å². The van der Waals surface area contributed by atoms with E-state index in [0.717, 1.165) is 18.8 Å². The molecule has 0 aromatic heterocycles. The molecule has 118 valence electrons. The number of carbonyl (C=O) groups is 1. The lowest BCUT2D eigenvalue weighted by Crippen LogP contribution is -2.32. The number of esters is 1. The van der Waals surface area contributed by atoms with Crippen molar-refractivity contribution in [3.63, 3.8) is 0 Å². The van der Waals surface area contributed by atoms with Crippen LogP contribution < -0.4 is 10.1 Å². The summed E-state index contributed by atoms with van der Waals surface area (Å²) in [6.45, 7) is 10.1. The van der Waals surface area contributed by atoms with Crippen LogP contribution in [0.5, 0.6) is 5.75 Å². The Kier molecular flexibility index (Phi) is 6.69. The van der Waals surface area contributed by atoms with E-state index in [2.05, 4.69) is 19.2 Å². The maximum absolute atomic E-state index is 11.6. The number of rotatable bonds is 8. The van der Waals surface area contributed by atoms with Crippen LogP contribution in [0.1, 0.15) is 33.3 Å². The first-order valence-corrected chi connectivity index (χ1v) is 7.36. The summed E-state index contributed by atoms with van der Waals surface area (Å²) in [4.78, 5) is 11.6. The summed E-state index contributed by atoms with van der Waals surface area (Å²) in [7, 11) is 1.39. The number of hydrogen-bond donors (Lipinski definition) is 1. The smallest absolute Gasteiger partial charge is 0.314 e. The fraction of sp³-hybridized carbons (Fsp3) is 0.588. The van der Waals surface area contributed by atoms with Gasteiger partial charge in [0, 0.05) is 6.54 Å². The molecule has 0 fully saturated rings. The summed E-state index contributed by atoms with van der Waals surface area (Å²) in [5, 5.41) is 3.40. The molecule has 0 amide bonds.